The van der Waals surface area contributed by atoms with Gasteiger partial charge in [0.25, 0.3) is 0 Å². The lowest BCUT2D eigenvalue weighted by Crippen LogP contribution is -2.11. The smallest absolute Gasteiger partial charge is 0.214 e. The molecule has 0 aliphatic heterocycles. The van der Waals surface area contributed by atoms with E-state index in [4.69, 9.17) is 4.74 Å². The van der Waals surface area contributed by atoms with E-state index in [1.54, 1.807) is 30.0 Å². The van der Waals surface area contributed by atoms with Crippen LogP contribution in [0.5, 0.6) is 5.75 Å². The Hall–Kier alpha value is -2.10. The SMILES string of the molecule is CCn1nc(C)cc1C(=O)c1ccccc1OC. The van der Waals surface area contributed by atoms with E-state index < -0.39 is 0 Å². The Kier molecular flexibility index (Phi) is 3.46. The van der Waals surface area contributed by atoms with Gasteiger partial charge in [-0.05, 0) is 32.0 Å². The summed E-state index contributed by atoms with van der Waals surface area (Å²) in [5.74, 6) is 0.527. The Balaban J connectivity index is 2.47. The number of benzene rings is 1. The van der Waals surface area contributed by atoms with E-state index in [1.165, 1.54) is 0 Å². The zero-order valence-corrected chi connectivity index (χ0v) is 10.8. The Morgan fingerprint density at radius 1 is 1.39 bits per heavy atom. The second kappa shape index (κ2) is 5.04. The van der Waals surface area contributed by atoms with Crippen molar-refractivity contribution < 1.29 is 9.53 Å². The molecule has 0 radical (unpaired) electrons. The van der Waals surface area contributed by atoms with Crippen LogP contribution in [0.15, 0.2) is 30.3 Å². The molecule has 94 valence electrons. The minimum atomic E-state index is -0.0603. The summed E-state index contributed by atoms with van der Waals surface area (Å²) in [5, 5.41) is 4.29. The molecule has 0 fully saturated rings. The monoisotopic (exact) mass is 244 g/mol. The second-order valence-corrected chi connectivity index (χ2v) is 4.02. The van der Waals surface area contributed by atoms with Crippen LogP contribution in [0.3, 0.4) is 0 Å². The molecule has 1 heterocycles. The molecule has 0 unspecified atom stereocenters. The number of para-hydroxylation sites is 1. The minimum Gasteiger partial charge on any atom is -0.496 e. The normalized spacial score (nSPS) is 10.4. The maximum absolute atomic E-state index is 12.5. The maximum Gasteiger partial charge on any atom is 0.214 e. The first-order chi connectivity index (χ1) is 8.67. The average molecular weight is 244 g/mol. The molecule has 4 heteroatoms. The van der Waals surface area contributed by atoms with Crippen LogP contribution in [0.25, 0.3) is 0 Å². The Bertz CT molecular complexity index is 573. The van der Waals surface area contributed by atoms with Gasteiger partial charge in [0.1, 0.15) is 11.4 Å². The molecule has 0 N–H and O–H groups in total. The summed E-state index contributed by atoms with van der Waals surface area (Å²) in [6.45, 7) is 4.51. The van der Waals surface area contributed by atoms with E-state index in [0.717, 1.165) is 5.69 Å². The van der Waals surface area contributed by atoms with Crippen LogP contribution in [0.2, 0.25) is 0 Å². The lowest BCUT2D eigenvalue weighted by Gasteiger charge is -2.08. The molecule has 1 aromatic carbocycles. The van der Waals surface area contributed by atoms with Crippen molar-refractivity contribution in [2.45, 2.75) is 20.4 Å². The number of aromatic nitrogens is 2. The molecular weight excluding hydrogens is 228 g/mol. The molecule has 0 spiro atoms. The first-order valence-electron chi connectivity index (χ1n) is 5.89. The molecule has 0 amide bonds. The van der Waals surface area contributed by atoms with Gasteiger partial charge in [0.15, 0.2) is 0 Å². The third-order valence-electron chi connectivity index (χ3n) is 2.79. The van der Waals surface area contributed by atoms with Crippen molar-refractivity contribution in [1.82, 2.24) is 9.78 Å². The van der Waals surface area contributed by atoms with Gasteiger partial charge in [0, 0.05) is 6.54 Å². The van der Waals surface area contributed by atoms with Gasteiger partial charge in [-0.3, -0.25) is 9.48 Å². The second-order valence-electron chi connectivity index (χ2n) is 4.02. The lowest BCUT2D eigenvalue weighted by atomic mass is 10.1. The van der Waals surface area contributed by atoms with Gasteiger partial charge in [0.2, 0.25) is 5.78 Å². The topological polar surface area (TPSA) is 44.1 Å². The highest BCUT2D eigenvalue weighted by Crippen LogP contribution is 2.21. The predicted octanol–water partition coefficient (Wildman–Crippen LogP) is 2.45. The number of hydrogen-bond donors (Lipinski definition) is 0. The molecule has 0 saturated carbocycles. The fraction of sp³-hybridized carbons (Fsp3) is 0.286. The minimum absolute atomic E-state index is 0.0603. The quantitative estimate of drug-likeness (QED) is 0.776. The van der Waals surface area contributed by atoms with Crippen LogP contribution in [0, 0.1) is 6.92 Å². The largest absolute Gasteiger partial charge is 0.496 e. The summed E-state index contributed by atoms with van der Waals surface area (Å²) in [7, 11) is 1.56. The molecule has 2 rings (SSSR count). The van der Waals surface area contributed by atoms with Crippen molar-refractivity contribution >= 4 is 5.78 Å². The summed E-state index contributed by atoms with van der Waals surface area (Å²) >= 11 is 0. The fourth-order valence-corrected chi connectivity index (χ4v) is 1.94. The maximum atomic E-state index is 12.5. The number of ketones is 1. The molecule has 0 atom stereocenters. The number of aryl methyl sites for hydroxylation is 2. The first kappa shape index (κ1) is 12.4. The van der Waals surface area contributed by atoms with Crippen LogP contribution < -0.4 is 4.74 Å². The third kappa shape index (κ3) is 2.14. The predicted molar refractivity (Wildman–Crippen MR) is 69.1 cm³/mol. The highest BCUT2D eigenvalue weighted by atomic mass is 16.5. The number of carbonyl (C=O) groups excluding carboxylic acids is 1. The summed E-state index contributed by atoms with van der Waals surface area (Å²) in [6.07, 6.45) is 0. The van der Waals surface area contributed by atoms with Crippen LogP contribution in [0.1, 0.15) is 28.7 Å². The van der Waals surface area contributed by atoms with E-state index in [2.05, 4.69) is 5.10 Å². The Labute approximate surface area is 106 Å². The van der Waals surface area contributed by atoms with E-state index in [9.17, 15) is 4.79 Å². The molecule has 0 aliphatic rings. The average Bonchev–Trinajstić information content (AvgIpc) is 2.79. The highest BCUT2D eigenvalue weighted by molar-refractivity contribution is 6.09. The summed E-state index contributed by atoms with van der Waals surface area (Å²) < 4.78 is 6.93. The molecule has 0 aliphatic carbocycles. The van der Waals surface area contributed by atoms with Crippen molar-refractivity contribution in [3.63, 3.8) is 0 Å². The Morgan fingerprint density at radius 2 is 2.11 bits per heavy atom. The van der Waals surface area contributed by atoms with Crippen LogP contribution in [0.4, 0.5) is 0 Å². The third-order valence-corrected chi connectivity index (χ3v) is 2.79. The zero-order chi connectivity index (χ0) is 13.1. The van der Waals surface area contributed by atoms with Gasteiger partial charge in [-0.15, -0.1) is 0 Å². The van der Waals surface area contributed by atoms with Gasteiger partial charge < -0.3 is 4.74 Å². The van der Waals surface area contributed by atoms with Gasteiger partial charge in [-0.25, -0.2) is 0 Å². The van der Waals surface area contributed by atoms with E-state index in [1.807, 2.05) is 26.0 Å². The van der Waals surface area contributed by atoms with E-state index in [-0.39, 0.29) is 5.78 Å². The van der Waals surface area contributed by atoms with E-state index in [0.29, 0.717) is 23.6 Å². The molecule has 2 aromatic rings. The zero-order valence-electron chi connectivity index (χ0n) is 10.8. The van der Waals surface area contributed by atoms with Gasteiger partial charge in [0.05, 0.1) is 18.4 Å². The molecule has 18 heavy (non-hydrogen) atoms. The van der Waals surface area contributed by atoms with Crippen molar-refractivity contribution in [3.05, 3.63) is 47.3 Å². The van der Waals surface area contributed by atoms with Gasteiger partial charge in [-0.2, -0.15) is 5.10 Å². The van der Waals surface area contributed by atoms with Crippen molar-refractivity contribution in [1.29, 1.82) is 0 Å². The Morgan fingerprint density at radius 3 is 2.78 bits per heavy atom. The first-order valence-corrected chi connectivity index (χ1v) is 5.89. The van der Waals surface area contributed by atoms with Crippen LogP contribution in [-0.2, 0) is 6.54 Å². The molecule has 0 saturated heterocycles. The number of rotatable bonds is 4. The van der Waals surface area contributed by atoms with Crippen molar-refractivity contribution in [2.75, 3.05) is 7.11 Å². The van der Waals surface area contributed by atoms with Crippen molar-refractivity contribution in [3.8, 4) is 5.75 Å². The van der Waals surface area contributed by atoms with Gasteiger partial charge >= 0.3 is 0 Å². The number of methoxy groups -OCH3 is 1. The summed E-state index contributed by atoms with van der Waals surface area (Å²) in [6, 6.07) is 9.03. The standard InChI is InChI=1S/C14H16N2O2/c1-4-16-12(9-10(2)15-16)14(17)11-7-5-6-8-13(11)18-3/h5-9H,4H2,1-3H3. The van der Waals surface area contributed by atoms with E-state index >= 15 is 0 Å². The number of ether oxygens (including phenoxy) is 1. The summed E-state index contributed by atoms with van der Waals surface area (Å²) in [5.41, 5.74) is 2.00. The van der Waals surface area contributed by atoms with Crippen LogP contribution in [-0.4, -0.2) is 22.7 Å². The molecule has 4 nitrogen and oxygen atoms in total. The summed E-state index contributed by atoms with van der Waals surface area (Å²) in [4.78, 5) is 12.5. The molecule has 0 bridgehead atoms. The molecule has 1 aromatic heterocycles. The number of nitrogens with zero attached hydrogens (tertiary/aromatic N) is 2. The fourth-order valence-electron chi connectivity index (χ4n) is 1.94. The number of hydrogen-bond acceptors (Lipinski definition) is 3. The lowest BCUT2D eigenvalue weighted by molar-refractivity contribution is 0.102. The van der Waals surface area contributed by atoms with Gasteiger partial charge in [-0.1, -0.05) is 12.1 Å². The van der Waals surface area contributed by atoms with Crippen molar-refractivity contribution in [2.24, 2.45) is 0 Å². The number of carbonyl (C=O) groups is 1. The highest BCUT2D eigenvalue weighted by Gasteiger charge is 2.18. The van der Waals surface area contributed by atoms with Crippen LogP contribution >= 0.6 is 0 Å². The molecular formula is C14H16N2O2.